The van der Waals surface area contributed by atoms with E-state index in [9.17, 15) is 4.79 Å². The monoisotopic (exact) mass is 449 g/mol. The molecule has 2 aromatic heterocycles. The van der Waals surface area contributed by atoms with E-state index in [1.54, 1.807) is 17.1 Å². The van der Waals surface area contributed by atoms with E-state index in [-0.39, 0.29) is 11.8 Å². The standard InChI is InChI=1S/C19H21BrClN5O/c1-12(9-25-11-16(21)8-22-25)19(27)23-17-6-4-5-15(7-17)10-26-14(3)18(20)13(2)24-26/h4-8,11-12H,9-10H2,1-3H3,(H,23,27). The van der Waals surface area contributed by atoms with Crippen LogP contribution >= 0.6 is 27.5 Å². The largest absolute Gasteiger partial charge is 0.326 e. The van der Waals surface area contributed by atoms with Crippen LogP contribution in [0.15, 0.2) is 41.1 Å². The smallest absolute Gasteiger partial charge is 0.229 e. The molecule has 0 aliphatic carbocycles. The molecule has 0 saturated carbocycles. The zero-order valence-electron chi connectivity index (χ0n) is 15.4. The van der Waals surface area contributed by atoms with Gasteiger partial charge in [0.1, 0.15) is 0 Å². The molecule has 0 bridgehead atoms. The lowest BCUT2D eigenvalue weighted by atomic mass is 10.1. The first-order chi connectivity index (χ1) is 12.8. The van der Waals surface area contributed by atoms with Crippen molar-refractivity contribution >= 4 is 39.1 Å². The van der Waals surface area contributed by atoms with Crippen molar-refractivity contribution in [2.24, 2.45) is 5.92 Å². The number of halogens is 2. The van der Waals surface area contributed by atoms with Gasteiger partial charge < -0.3 is 5.32 Å². The molecule has 1 unspecified atom stereocenters. The fourth-order valence-corrected chi connectivity index (χ4v) is 3.26. The van der Waals surface area contributed by atoms with Crippen molar-refractivity contribution < 1.29 is 4.79 Å². The quantitative estimate of drug-likeness (QED) is 0.604. The number of amides is 1. The molecule has 0 fully saturated rings. The number of hydrogen-bond donors (Lipinski definition) is 1. The molecule has 1 aromatic carbocycles. The fourth-order valence-electron chi connectivity index (χ4n) is 2.82. The van der Waals surface area contributed by atoms with Crippen molar-refractivity contribution in [3.63, 3.8) is 0 Å². The summed E-state index contributed by atoms with van der Waals surface area (Å²) in [6, 6.07) is 7.81. The summed E-state index contributed by atoms with van der Waals surface area (Å²) >= 11 is 9.41. The number of carbonyl (C=O) groups excluding carboxylic acids is 1. The van der Waals surface area contributed by atoms with E-state index in [0.29, 0.717) is 18.1 Å². The molecule has 8 heteroatoms. The van der Waals surface area contributed by atoms with E-state index in [0.717, 1.165) is 27.1 Å². The molecular weight excluding hydrogens is 430 g/mol. The SMILES string of the molecule is Cc1nn(Cc2cccc(NC(=O)C(C)Cn3cc(Cl)cn3)c2)c(C)c1Br. The van der Waals surface area contributed by atoms with Gasteiger partial charge in [0, 0.05) is 11.9 Å². The number of rotatable bonds is 6. The van der Waals surface area contributed by atoms with Gasteiger partial charge in [0.2, 0.25) is 5.91 Å². The van der Waals surface area contributed by atoms with Crippen LogP contribution in [-0.2, 0) is 17.9 Å². The topological polar surface area (TPSA) is 64.7 Å². The van der Waals surface area contributed by atoms with Crippen LogP contribution in [0.4, 0.5) is 5.69 Å². The van der Waals surface area contributed by atoms with Gasteiger partial charge in [0.25, 0.3) is 0 Å². The summed E-state index contributed by atoms with van der Waals surface area (Å²) in [6.07, 6.45) is 3.27. The molecule has 2 heterocycles. The maximum atomic E-state index is 12.5. The van der Waals surface area contributed by atoms with E-state index in [1.807, 2.05) is 49.7 Å². The second kappa shape index (κ2) is 8.27. The predicted octanol–water partition coefficient (Wildman–Crippen LogP) is 4.44. The normalized spacial score (nSPS) is 12.2. The van der Waals surface area contributed by atoms with Gasteiger partial charge in [-0.3, -0.25) is 14.2 Å². The average Bonchev–Trinajstić information content (AvgIpc) is 3.13. The highest BCUT2D eigenvalue weighted by Gasteiger charge is 2.15. The number of nitrogens with one attached hydrogen (secondary N) is 1. The lowest BCUT2D eigenvalue weighted by molar-refractivity contribution is -0.119. The van der Waals surface area contributed by atoms with Gasteiger partial charge in [-0.1, -0.05) is 30.7 Å². The van der Waals surface area contributed by atoms with Gasteiger partial charge >= 0.3 is 0 Å². The average molecular weight is 451 g/mol. The first-order valence-electron chi connectivity index (χ1n) is 8.60. The minimum atomic E-state index is -0.239. The zero-order valence-corrected chi connectivity index (χ0v) is 17.8. The maximum Gasteiger partial charge on any atom is 0.229 e. The van der Waals surface area contributed by atoms with Crippen molar-refractivity contribution in [3.05, 3.63) is 63.1 Å². The van der Waals surface area contributed by atoms with Crippen LogP contribution in [0.2, 0.25) is 5.02 Å². The number of benzene rings is 1. The second-order valence-electron chi connectivity index (χ2n) is 6.61. The molecule has 3 aromatic rings. The summed E-state index contributed by atoms with van der Waals surface area (Å²) in [5.74, 6) is -0.302. The van der Waals surface area contributed by atoms with E-state index in [4.69, 9.17) is 11.6 Å². The molecule has 3 rings (SSSR count). The molecule has 1 amide bonds. The Morgan fingerprint density at radius 3 is 2.78 bits per heavy atom. The number of carbonyl (C=O) groups is 1. The Bertz CT molecular complexity index is 965. The van der Waals surface area contributed by atoms with Gasteiger partial charge in [-0.2, -0.15) is 10.2 Å². The van der Waals surface area contributed by atoms with Crippen LogP contribution in [0, 0.1) is 19.8 Å². The van der Waals surface area contributed by atoms with E-state index >= 15 is 0 Å². The van der Waals surface area contributed by atoms with Crippen molar-refractivity contribution in [2.45, 2.75) is 33.9 Å². The molecule has 1 N–H and O–H groups in total. The van der Waals surface area contributed by atoms with Gasteiger partial charge in [0.15, 0.2) is 0 Å². The maximum absolute atomic E-state index is 12.5. The Labute approximate surface area is 171 Å². The molecule has 0 aliphatic heterocycles. The molecule has 0 saturated heterocycles. The highest BCUT2D eigenvalue weighted by atomic mass is 79.9. The van der Waals surface area contributed by atoms with Crippen LogP contribution in [0.5, 0.6) is 0 Å². The first-order valence-corrected chi connectivity index (χ1v) is 9.78. The Kier molecular flexibility index (Phi) is 6.01. The minimum absolute atomic E-state index is 0.0624. The summed E-state index contributed by atoms with van der Waals surface area (Å²) in [7, 11) is 0. The molecule has 142 valence electrons. The van der Waals surface area contributed by atoms with Crippen LogP contribution in [-0.4, -0.2) is 25.5 Å². The Hall–Kier alpha value is -2.12. The number of anilines is 1. The Balaban J connectivity index is 1.66. The summed E-state index contributed by atoms with van der Waals surface area (Å²) < 4.78 is 4.65. The van der Waals surface area contributed by atoms with Crippen molar-refractivity contribution in [2.75, 3.05) is 5.32 Å². The van der Waals surface area contributed by atoms with Crippen LogP contribution in [0.1, 0.15) is 23.9 Å². The Morgan fingerprint density at radius 1 is 1.37 bits per heavy atom. The lowest BCUT2D eigenvalue weighted by Crippen LogP contribution is -2.24. The van der Waals surface area contributed by atoms with E-state index < -0.39 is 0 Å². The molecule has 0 aliphatic rings. The molecule has 27 heavy (non-hydrogen) atoms. The van der Waals surface area contributed by atoms with E-state index in [1.165, 1.54) is 0 Å². The third kappa shape index (κ3) is 4.78. The highest BCUT2D eigenvalue weighted by molar-refractivity contribution is 9.10. The lowest BCUT2D eigenvalue weighted by Gasteiger charge is -2.13. The summed E-state index contributed by atoms with van der Waals surface area (Å²) in [5, 5.41) is 12.2. The van der Waals surface area contributed by atoms with Crippen LogP contribution in [0.3, 0.4) is 0 Å². The number of aryl methyl sites for hydroxylation is 1. The molecule has 0 spiro atoms. The van der Waals surface area contributed by atoms with Crippen LogP contribution < -0.4 is 5.32 Å². The summed E-state index contributed by atoms with van der Waals surface area (Å²) in [6.45, 7) is 6.97. The van der Waals surface area contributed by atoms with Crippen molar-refractivity contribution in [1.29, 1.82) is 0 Å². The summed E-state index contributed by atoms with van der Waals surface area (Å²) in [5.41, 5.74) is 3.87. The van der Waals surface area contributed by atoms with Gasteiger partial charge in [-0.25, -0.2) is 0 Å². The van der Waals surface area contributed by atoms with Crippen molar-refractivity contribution in [1.82, 2.24) is 19.6 Å². The van der Waals surface area contributed by atoms with Crippen molar-refractivity contribution in [3.8, 4) is 0 Å². The molecule has 0 radical (unpaired) electrons. The molecule has 6 nitrogen and oxygen atoms in total. The molecule has 1 atom stereocenters. The van der Waals surface area contributed by atoms with Gasteiger partial charge in [-0.05, 0) is 47.5 Å². The first kappa shape index (κ1) is 19.6. The van der Waals surface area contributed by atoms with Crippen LogP contribution in [0.25, 0.3) is 0 Å². The second-order valence-corrected chi connectivity index (χ2v) is 7.84. The third-order valence-corrected chi connectivity index (χ3v) is 5.67. The fraction of sp³-hybridized carbons (Fsp3) is 0.316. The number of hydrogen-bond acceptors (Lipinski definition) is 3. The number of aromatic nitrogens is 4. The van der Waals surface area contributed by atoms with Gasteiger partial charge in [-0.15, -0.1) is 0 Å². The van der Waals surface area contributed by atoms with Gasteiger partial charge in [0.05, 0.1) is 46.1 Å². The zero-order chi connectivity index (χ0) is 19.6. The minimum Gasteiger partial charge on any atom is -0.326 e. The Morgan fingerprint density at radius 2 is 2.15 bits per heavy atom. The molecular formula is C19H21BrClN5O. The highest BCUT2D eigenvalue weighted by Crippen LogP contribution is 2.21. The number of nitrogens with zero attached hydrogens (tertiary/aromatic N) is 4. The predicted molar refractivity (Wildman–Crippen MR) is 110 cm³/mol. The third-order valence-electron chi connectivity index (χ3n) is 4.33. The van der Waals surface area contributed by atoms with E-state index in [2.05, 4.69) is 31.4 Å². The summed E-state index contributed by atoms with van der Waals surface area (Å²) in [4.78, 5) is 12.5.